The van der Waals surface area contributed by atoms with E-state index in [4.69, 9.17) is 4.98 Å². The highest BCUT2D eigenvalue weighted by Gasteiger charge is 2.20. The Hall–Kier alpha value is -1.63. The summed E-state index contributed by atoms with van der Waals surface area (Å²) < 4.78 is 3.88. The van der Waals surface area contributed by atoms with Crippen molar-refractivity contribution in [1.29, 1.82) is 0 Å². The van der Waals surface area contributed by atoms with Gasteiger partial charge in [0.15, 0.2) is 0 Å². The molecule has 1 aliphatic rings. The number of pyridine rings is 1. The van der Waals surface area contributed by atoms with Gasteiger partial charge in [-0.1, -0.05) is 0 Å². The normalized spacial score (nSPS) is 15.1. The number of aryl methyl sites for hydroxylation is 2. The van der Waals surface area contributed by atoms with Crippen LogP contribution < -0.4 is 5.32 Å². The van der Waals surface area contributed by atoms with E-state index in [0.717, 1.165) is 48.2 Å². The second-order valence-corrected chi connectivity index (χ2v) is 6.05. The summed E-state index contributed by atoms with van der Waals surface area (Å²) in [4.78, 5) is 9.51. The smallest absolute Gasteiger partial charge is 0.115 e. The first-order valence-electron chi connectivity index (χ1n) is 7.74. The maximum absolute atomic E-state index is 4.96. The van der Waals surface area contributed by atoms with Crippen LogP contribution in [0.15, 0.2) is 24.8 Å². The number of nitrogens with zero attached hydrogens (tertiary/aromatic N) is 5. The van der Waals surface area contributed by atoms with Gasteiger partial charge in [-0.2, -0.15) is 5.10 Å². The maximum Gasteiger partial charge on any atom is 0.115 e. The number of aromatic nitrogens is 5. The average Bonchev–Trinajstić information content (AvgIpc) is 3.14. The Labute approximate surface area is 153 Å². The minimum absolute atomic E-state index is 0. The van der Waals surface area contributed by atoms with Gasteiger partial charge in [0.25, 0.3) is 0 Å². The molecule has 0 saturated carbocycles. The molecule has 1 aliphatic heterocycles. The van der Waals surface area contributed by atoms with Crippen LogP contribution in [-0.4, -0.2) is 37.4 Å². The predicted octanol–water partition coefficient (Wildman–Crippen LogP) is 2.68. The molecule has 6 nitrogen and oxygen atoms in total. The molecule has 8 heteroatoms. The molecule has 0 atom stereocenters. The molecule has 3 aromatic heterocycles. The zero-order valence-electron chi connectivity index (χ0n) is 13.8. The van der Waals surface area contributed by atoms with Crippen LogP contribution in [0.4, 0.5) is 0 Å². The lowest BCUT2D eigenvalue weighted by molar-refractivity contribution is 0.454. The molecule has 0 unspecified atom stereocenters. The molecular weight excluding hydrogens is 347 g/mol. The van der Waals surface area contributed by atoms with Gasteiger partial charge in [-0.05, 0) is 32.0 Å². The number of halogens is 2. The van der Waals surface area contributed by atoms with E-state index in [0.29, 0.717) is 5.92 Å². The van der Waals surface area contributed by atoms with Crippen LogP contribution in [0.2, 0.25) is 0 Å². The summed E-state index contributed by atoms with van der Waals surface area (Å²) in [5.41, 5.74) is 5.24. The predicted molar refractivity (Wildman–Crippen MR) is 100 cm³/mol. The first-order valence-corrected chi connectivity index (χ1v) is 7.74. The molecule has 0 amide bonds. The number of fused-ring (bicyclic) bond motifs is 1. The van der Waals surface area contributed by atoms with Crippen molar-refractivity contribution in [1.82, 2.24) is 29.6 Å². The van der Waals surface area contributed by atoms with Gasteiger partial charge in [0.2, 0.25) is 0 Å². The lowest BCUT2D eigenvalue weighted by Gasteiger charge is -2.22. The van der Waals surface area contributed by atoms with Crippen molar-refractivity contribution in [3.05, 3.63) is 30.5 Å². The molecule has 130 valence electrons. The van der Waals surface area contributed by atoms with Crippen LogP contribution in [0.3, 0.4) is 0 Å². The molecule has 0 bridgehead atoms. The van der Waals surface area contributed by atoms with Crippen molar-refractivity contribution < 1.29 is 0 Å². The van der Waals surface area contributed by atoms with E-state index in [-0.39, 0.29) is 24.8 Å². The van der Waals surface area contributed by atoms with E-state index < -0.39 is 0 Å². The third-order valence-corrected chi connectivity index (χ3v) is 4.47. The molecule has 0 aliphatic carbocycles. The number of rotatable bonds is 2. The summed E-state index contributed by atoms with van der Waals surface area (Å²) >= 11 is 0. The molecule has 3 aromatic rings. The summed E-state index contributed by atoms with van der Waals surface area (Å²) in [6.45, 7) is 2.13. The standard InChI is InChI=1S/C16H20N6.2ClH/c1-21-10-18-16-14(21)7-13(11-3-5-17-6-4-11)20-15(16)12-8-19-22(2)9-12;;/h7-11,17H,3-6H2,1-2H3;2*1H. The summed E-state index contributed by atoms with van der Waals surface area (Å²) in [6, 6.07) is 2.21. The number of hydrogen-bond acceptors (Lipinski definition) is 4. The van der Waals surface area contributed by atoms with E-state index in [1.807, 2.05) is 37.5 Å². The Bertz CT molecular complexity index is 819. The number of piperidine rings is 1. The van der Waals surface area contributed by atoms with Crippen molar-refractivity contribution in [3.63, 3.8) is 0 Å². The van der Waals surface area contributed by atoms with Crippen molar-refractivity contribution in [3.8, 4) is 11.3 Å². The lowest BCUT2D eigenvalue weighted by atomic mass is 9.93. The third-order valence-electron chi connectivity index (χ3n) is 4.47. The minimum Gasteiger partial charge on any atom is -0.334 e. The van der Waals surface area contributed by atoms with Gasteiger partial charge in [0, 0.05) is 37.5 Å². The molecule has 0 aromatic carbocycles. The van der Waals surface area contributed by atoms with Crippen molar-refractivity contribution >= 4 is 35.8 Å². The number of imidazole rings is 1. The van der Waals surface area contributed by atoms with Crippen LogP contribution in [0.25, 0.3) is 22.3 Å². The summed E-state index contributed by atoms with van der Waals surface area (Å²) in [7, 11) is 3.96. The molecule has 24 heavy (non-hydrogen) atoms. The van der Waals surface area contributed by atoms with Crippen LogP contribution >= 0.6 is 24.8 Å². The number of hydrogen-bond donors (Lipinski definition) is 1. The zero-order valence-corrected chi connectivity index (χ0v) is 15.4. The molecule has 0 radical (unpaired) electrons. The topological polar surface area (TPSA) is 60.6 Å². The Morgan fingerprint density at radius 1 is 1.17 bits per heavy atom. The Morgan fingerprint density at radius 3 is 2.58 bits per heavy atom. The SMILES string of the molecule is Cl.Cl.Cn1cc(-c2nc(C3CCNCC3)cc3c2ncn3C)cn1. The van der Waals surface area contributed by atoms with E-state index >= 15 is 0 Å². The van der Waals surface area contributed by atoms with Gasteiger partial charge in [0.05, 0.1) is 18.0 Å². The van der Waals surface area contributed by atoms with E-state index in [9.17, 15) is 0 Å². The van der Waals surface area contributed by atoms with Gasteiger partial charge in [0.1, 0.15) is 11.2 Å². The van der Waals surface area contributed by atoms with E-state index in [1.165, 1.54) is 5.69 Å². The van der Waals surface area contributed by atoms with Crippen LogP contribution in [0.5, 0.6) is 0 Å². The van der Waals surface area contributed by atoms with E-state index in [1.54, 1.807) is 0 Å². The van der Waals surface area contributed by atoms with Gasteiger partial charge in [-0.25, -0.2) is 9.97 Å². The summed E-state index contributed by atoms with van der Waals surface area (Å²) in [5.74, 6) is 0.524. The summed E-state index contributed by atoms with van der Waals surface area (Å²) in [5, 5.41) is 7.70. The first kappa shape index (κ1) is 18.7. The van der Waals surface area contributed by atoms with Crippen molar-refractivity contribution in [2.45, 2.75) is 18.8 Å². The molecule has 4 rings (SSSR count). The fourth-order valence-corrected chi connectivity index (χ4v) is 3.22. The second-order valence-electron chi connectivity index (χ2n) is 6.05. The first-order chi connectivity index (χ1) is 10.7. The van der Waals surface area contributed by atoms with Gasteiger partial charge >= 0.3 is 0 Å². The van der Waals surface area contributed by atoms with E-state index in [2.05, 4.69) is 26.0 Å². The minimum atomic E-state index is 0. The zero-order chi connectivity index (χ0) is 15.1. The monoisotopic (exact) mass is 368 g/mol. The average molecular weight is 369 g/mol. The quantitative estimate of drug-likeness (QED) is 0.755. The highest BCUT2D eigenvalue weighted by molar-refractivity contribution is 5.89. The van der Waals surface area contributed by atoms with Gasteiger partial charge in [-0.15, -0.1) is 24.8 Å². The highest BCUT2D eigenvalue weighted by Crippen LogP contribution is 2.31. The molecule has 1 N–H and O–H groups in total. The van der Waals surface area contributed by atoms with Gasteiger partial charge in [-0.3, -0.25) is 4.68 Å². The molecule has 0 spiro atoms. The molecule has 4 heterocycles. The largest absolute Gasteiger partial charge is 0.334 e. The van der Waals surface area contributed by atoms with Crippen LogP contribution in [0.1, 0.15) is 24.5 Å². The highest BCUT2D eigenvalue weighted by atomic mass is 35.5. The van der Waals surface area contributed by atoms with Crippen molar-refractivity contribution in [2.24, 2.45) is 14.1 Å². The fraction of sp³-hybridized carbons (Fsp3) is 0.438. The van der Waals surface area contributed by atoms with Crippen LogP contribution in [0, 0.1) is 0 Å². The van der Waals surface area contributed by atoms with Gasteiger partial charge < -0.3 is 9.88 Å². The Morgan fingerprint density at radius 2 is 1.92 bits per heavy atom. The molecule has 1 saturated heterocycles. The van der Waals surface area contributed by atoms with Crippen LogP contribution in [-0.2, 0) is 14.1 Å². The third kappa shape index (κ3) is 3.27. The van der Waals surface area contributed by atoms with Crippen molar-refractivity contribution in [2.75, 3.05) is 13.1 Å². The fourth-order valence-electron chi connectivity index (χ4n) is 3.22. The Balaban J connectivity index is 0.00000104. The summed E-state index contributed by atoms with van der Waals surface area (Å²) in [6.07, 6.45) is 8.01. The molecular formula is C16H22Cl2N6. The Kier molecular flexibility index (Phi) is 5.85. The lowest BCUT2D eigenvalue weighted by Crippen LogP contribution is -2.27. The second kappa shape index (κ2) is 7.51. The maximum atomic E-state index is 4.96. The molecule has 1 fully saturated rings. The number of nitrogens with one attached hydrogen (secondary N) is 1.